The van der Waals surface area contributed by atoms with Crippen molar-refractivity contribution in [1.82, 2.24) is 9.80 Å². The predicted octanol–water partition coefficient (Wildman–Crippen LogP) is 1.65. The molecule has 2 N–H and O–H groups in total. The normalized spacial score (nSPS) is 12.2. The molecule has 0 fully saturated rings. The van der Waals surface area contributed by atoms with Gasteiger partial charge in [-0.15, -0.1) is 0 Å². The van der Waals surface area contributed by atoms with Gasteiger partial charge in [0.1, 0.15) is 0 Å². The largest absolute Gasteiger partial charge is 0.493 e. The molecule has 0 aliphatic rings. The molecule has 1 unspecified atom stereocenters. The molecule has 0 heterocycles. The number of nitrogens with zero attached hydrogens (tertiary/aromatic N) is 2. The maximum absolute atomic E-state index is 12.4. The van der Waals surface area contributed by atoms with Crippen molar-refractivity contribution >= 4 is 5.97 Å². The van der Waals surface area contributed by atoms with Crippen molar-refractivity contribution in [2.75, 3.05) is 74.8 Å². The van der Waals surface area contributed by atoms with E-state index in [9.17, 15) is 9.90 Å². The van der Waals surface area contributed by atoms with Crippen LogP contribution >= 0.6 is 0 Å². The summed E-state index contributed by atoms with van der Waals surface area (Å²) in [4.78, 5) is 16.8. The first-order chi connectivity index (χ1) is 15.4. The average molecular weight is 457 g/mol. The summed E-state index contributed by atoms with van der Waals surface area (Å²) in [6.07, 6.45) is 2.34. The molecule has 1 rings (SSSR count). The first kappa shape index (κ1) is 28.0. The number of esters is 1. The first-order valence-electron chi connectivity index (χ1n) is 11.0. The third-order valence-corrected chi connectivity index (χ3v) is 5.22. The highest BCUT2D eigenvalue weighted by Gasteiger charge is 2.18. The Morgan fingerprint density at radius 2 is 1.50 bits per heavy atom. The van der Waals surface area contributed by atoms with Crippen LogP contribution in [0.25, 0.3) is 0 Å². The second-order valence-corrected chi connectivity index (χ2v) is 7.82. The van der Waals surface area contributed by atoms with Gasteiger partial charge in [-0.05, 0) is 51.9 Å². The van der Waals surface area contributed by atoms with Gasteiger partial charge in [-0.25, -0.2) is 4.79 Å². The number of benzene rings is 1. The average Bonchev–Trinajstić information content (AvgIpc) is 2.81. The van der Waals surface area contributed by atoms with Crippen LogP contribution in [0, 0.1) is 0 Å². The number of carbonyl (C=O) groups is 1. The van der Waals surface area contributed by atoms with E-state index >= 15 is 0 Å². The number of hydrogen-bond acceptors (Lipinski definition) is 9. The van der Waals surface area contributed by atoms with Crippen molar-refractivity contribution in [3.05, 3.63) is 17.7 Å². The fourth-order valence-electron chi connectivity index (χ4n) is 3.19. The van der Waals surface area contributed by atoms with Crippen molar-refractivity contribution in [3.8, 4) is 17.2 Å². The summed E-state index contributed by atoms with van der Waals surface area (Å²) in [5.74, 6) is 0.802. The molecule has 32 heavy (non-hydrogen) atoms. The summed E-state index contributed by atoms with van der Waals surface area (Å²) in [5.41, 5.74) is 0.343. The molecule has 0 aromatic heterocycles. The molecule has 1 aromatic rings. The molecule has 0 saturated carbocycles. The number of aliphatic hydroxyl groups excluding tert-OH is 2. The Bertz CT molecular complexity index is 647. The molecule has 9 nitrogen and oxygen atoms in total. The van der Waals surface area contributed by atoms with Crippen molar-refractivity contribution in [2.24, 2.45) is 0 Å². The SMILES string of the molecule is COc1cc(C(=O)OCCCN(C)CCN(C)CCC(O)CCCO)cc(OC)c1OC. The Labute approximate surface area is 191 Å². The third-order valence-electron chi connectivity index (χ3n) is 5.22. The van der Waals surface area contributed by atoms with E-state index in [1.807, 2.05) is 14.1 Å². The lowest BCUT2D eigenvalue weighted by Crippen LogP contribution is -2.33. The maximum atomic E-state index is 12.4. The van der Waals surface area contributed by atoms with E-state index in [0.29, 0.717) is 48.7 Å². The number of aliphatic hydroxyl groups is 2. The number of rotatable bonds is 17. The van der Waals surface area contributed by atoms with Crippen molar-refractivity contribution in [1.29, 1.82) is 0 Å². The molecule has 0 aliphatic carbocycles. The van der Waals surface area contributed by atoms with Gasteiger partial charge >= 0.3 is 5.97 Å². The molecule has 1 aromatic carbocycles. The topological polar surface area (TPSA) is 101 Å². The van der Waals surface area contributed by atoms with Crippen molar-refractivity contribution < 1.29 is 34.0 Å². The Morgan fingerprint density at radius 1 is 0.906 bits per heavy atom. The van der Waals surface area contributed by atoms with E-state index in [-0.39, 0.29) is 12.7 Å². The monoisotopic (exact) mass is 456 g/mol. The summed E-state index contributed by atoms with van der Waals surface area (Å²) in [6.45, 7) is 3.81. The fourth-order valence-corrected chi connectivity index (χ4v) is 3.19. The van der Waals surface area contributed by atoms with E-state index in [1.54, 1.807) is 12.1 Å². The van der Waals surface area contributed by atoms with Crippen LogP contribution in [0.2, 0.25) is 0 Å². The molecule has 0 spiro atoms. The summed E-state index contributed by atoms with van der Waals surface area (Å²) in [6, 6.07) is 3.15. The molecule has 1 atom stereocenters. The quantitative estimate of drug-likeness (QED) is 0.268. The molecule has 184 valence electrons. The molecule has 0 radical (unpaired) electrons. The Balaban J connectivity index is 2.32. The zero-order valence-corrected chi connectivity index (χ0v) is 20.1. The zero-order chi connectivity index (χ0) is 23.9. The Kier molecular flexibility index (Phi) is 13.7. The highest BCUT2D eigenvalue weighted by atomic mass is 16.5. The lowest BCUT2D eigenvalue weighted by Gasteiger charge is -2.23. The highest BCUT2D eigenvalue weighted by Crippen LogP contribution is 2.38. The van der Waals surface area contributed by atoms with Crippen LogP contribution in [-0.4, -0.2) is 107 Å². The van der Waals surface area contributed by atoms with Crippen LogP contribution in [0.4, 0.5) is 0 Å². The van der Waals surface area contributed by atoms with E-state index < -0.39 is 5.97 Å². The molecular weight excluding hydrogens is 416 g/mol. The Morgan fingerprint density at radius 3 is 2.03 bits per heavy atom. The second-order valence-electron chi connectivity index (χ2n) is 7.82. The number of methoxy groups -OCH3 is 3. The smallest absolute Gasteiger partial charge is 0.338 e. The van der Waals surface area contributed by atoms with Gasteiger partial charge in [-0.3, -0.25) is 0 Å². The van der Waals surface area contributed by atoms with Gasteiger partial charge < -0.3 is 39.0 Å². The fraction of sp³-hybridized carbons (Fsp3) is 0.696. The molecule has 0 bridgehead atoms. The van der Waals surface area contributed by atoms with E-state index in [4.69, 9.17) is 24.1 Å². The summed E-state index contributed by atoms with van der Waals surface area (Å²) < 4.78 is 21.2. The standard InChI is InChI=1S/C23H40N2O7/c1-24(12-13-25(2)11-9-19(27)8-6-14-26)10-7-15-32-23(28)18-16-20(29-3)22(31-5)21(17-18)30-4/h16-17,19,26-27H,6-15H2,1-5H3. The van der Waals surface area contributed by atoms with E-state index in [1.165, 1.54) is 21.3 Å². The number of ether oxygens (including phenoxy) is 4. The maximum Gasteiger partial charge on any atom is 0.338 e. The van der Waals surface area contributed by atoms with Crippen molar-refractivity contribution in [2.45, 2.75) is 31.8 Å². The lowest BCUT2D eigenvalue weighted by atomic mass is 10.1. The van der Waals surface area contributed by atoms with Crippen molar-refractivity contribution in [3.63, 3.8) is 0 Å². The van der Waals surface area contributed by atoms with Gasteiger partial charge in [0.25, 0.3) is 0 Å². The van der Waals surface area contributed by atoms with Gasteiger partial charge in [0.15, 0.2) is 11.5 Å². The lowest BCUT2D eigenvalue weighted by molar-refractivity contribution is 0.0489. The minimum absolute atomic E-state index is 0.121. The van der Waals surface area contributed by atoms with Gasteiger partial charge in [0.2, 0.25) is 5.75 Å². The predicted molar refractivity (Wildman–Crippen MR) is 123 cm³/mol. The van der Waals surface area contributed by atoms with Crippen LogP contribution in [0.3, 0.4) is 0 Å². The number of carbonyl (C=O) groups excluding carboxylic acids is 1. The second kappa shape index (κ2) is 15.7. The Hall–Kier alpha value is -2.07. The molecular formula is C23H40N2O7. The van der Waals surface area contributed by atoms with Crippen LogP contribution in [-0.2, 0) is 4.74 Å². The zero-order valence-electron chi connectivity index (χ0n) is 20.1. The van der Waals surface area contributed by atoms with Gasteiger partial charge in [-0.2, -0.15) is 0 Å². The summed E-state index contributed by atoms with van der Waals surface area (Å²) >= 11 is 0. The molecule has 9 heteroatoms. The molecule has 0 saturated heterocycles. The van der Waals surface area contributed by atoms with Gasteiger partial charge in [0, 0.05) is 32.8 Å². The highest BCUT2D eigenvalue weighted by molar-refractivity contribution is 5.91. The van der Waals surface area contributed by atoms with Crippen LogP contribution < -0.4 is 14.2 Å². The summed E-state index contributed by atoms with van der Waals surface area (Å²) in [5, 5.41) is 18.7. The van der Waals surface area contributed by atoms with E-state index in [0.717, 1.165) is 32.6 Å². The number of likely N-dealkylation sites (N-methyl/N-ethyl adjacent to an activating group) is 2. The molecule has 0 aliphatic heterocycles. The minimum Gasteiger partial charge on any atom is -0.493 e. The minimum atomic E-state index is -0.439. The van der Waals surface area contributed by atoms with Crippen LogP contribution in [0.5, 0.6) is 17.2 Å². The first-order valence-corrected chi connectivity index (χ1v) is 11.0. The third kappa shape index (κ3) is 10.0. The van der Waals surface area contributed by atoms with Crippen LogP contribution in [0.1, 0.15) is 36.0 Å². The molecule has 0 amide bonds. The van der Waals surface area contributed by atoms with Gasteiger partial charge in [0.05, 0.1) is 39.6 Å². The van der Waals surface area contributed by atoms with Crippen LogP contribution in [0.15, 0.2) is 12.1 Å². The summed E-state index contributed by atoms with van der Waals surface area (Å²) in [7, 11) is 8.57. The van der Waals surface area contributed by atoms with Gasteiger partial charge in [-0.1, -0.05) is 0 Å². The number of hydrogen-bond donors (Lipinski definition) is 2. The van der Waals surface area contributed by atoms with E-state index in [2.05, 4.69) is 9.80 Å².